The lowest BCUT2D eigenvalue weighted by atomic mass is 9.95. The smallest absolute Gasteiger partial charge is 0.235 e. The van der Waals surface area contributed by atoms with E-state index in [2.05, 4.69) is 42.9 Å². The topological polar surface area (TPSA) is 101 Å². The molecule has 32 heavy (non-hydrogen) atoms. The normalized spacial score (nSPS) is 14.4. The third kappa shape index (κ3) is 4.89. The maximum absolute atomic E-state index is 12.9. The molecule has 1 aliphatic carbocycles. The molecule has 1 aliphatic rings. The molecule has 0 radical (unpaired) electrons. The number of amides is 1. The average Bonchev–Trinajstić information content (AvgIpc) is 3.53. The largest absolute Gasteiger partial charge is 0.327 e. The minimum Gasteiger partial charge on any atom is -0.327 e. The first-order valence-corrected chi connectivity index (χ1v) is 12.8. The van der Waals surface area contributed by atoms with E-state index in [0.717, 1.165) is 30.5 Å². The zero-order valence-electron chi connectivity index (χ0n) is 18.4. The number of nitrogens with one attached hydrogen (secondary N) is 1. The third-order valence-electron chi connectivity index (χ3n) is 6.05. The lowest BCUT2D eigenvalue weighted by Crippen LogP contribution is -2.22. The van der Waals surface area contributed by atoms with Gasteiger partial charge in [0.05, 0.1) is 17.9 Å². The molecule has 0 spiro atoms. The van der Waals surface area contributed by atoms with Crippen LogP contribution in [-0.4, -0.2) is 36.4 Å². The second kappa shape index (κ2) is 10.3. The summed E-state index contributed by atoms with van der Waals surface area (Å²) in [5, 5.41) is 27.3. The van der Waals surface area contributed by atoms with Crippen molar-refractivity contribution in [2.75, 3.05) is 11.1 Å². The van der Waals surface area contributed by atoms with Crippen LogP contribution in [0.3, 0.4) is 0 Å². The van der Waals surface area contributed by atoms with Gasteiger partial charge >= 0.3 is 0 Å². The van der Waals surface area contributed by atoms with Gasteiger partial charge in [0.25, 0.3) is 0 Å². The van der Waals surface area contributed by atoms with Gasteiger partial charge in [0.1, 0.15) is 11.9 Å². The van der Waals surface area contributed by atoms with Crippen LogP contribution in [0.2, 0.25) is 0 Å². The van der Waals surface area contributed by atoms with Gasteiger partial charge in [0.15, 0.2) is 0 Å². The SMILES string of the molecule is Cc1c(C#N)c(NC(=O)CSc2nnnn2CCc2cccs2)n(C2CCCCC2)c1C. The van der Waals surface area contributed by atoms with E-state index in [1.54, 1.807) is 16.0 Å². The summed E-state index contributed by atoms with van der Waals surface area (Å²) in [6.07, 6.45) is 6.62. The number of hydrogen-bond donors (Lipinski definition) is 1. The minimum atomic E-state index is -0.158. The molecule has 10 heteroatoms. The summed E-state index contributed by atoms with van der Waals surface area (Å²) in [5.41, 5.74) is 2.57. The number of nitriles is 1. The van der Waals surface area contributed by atoms with Gasteiger partial charge < -0.3 is 9.88 Å². The van der Waals surface area contributed by atoms with E-state index in [1.807, 2.05) is 19.9 Å². The highest BCUT2D eigenvalue weighted by molar-refractivity contribution is 7.99. The first kappa shape index (κ1) is 22.6. The van der Waals surface area contributed by atoms with E-state index in [-0.39, 0.29) is 11.7 Å². The molecule has 3 heterocycles. The van der Waals surface area contributed by atoms with Crippen molar-refractivity contribution >= 4 is 34.8 Å². The van der Waals surface area contributed by atoms with Crippen molar-refractivity contribution in [2.24, 2.45) is 0 Å². The number of aromatic nitrogens is 5. The van der Waals surface area contributed by atoms with Crippen LogP contribution in [0.15, 0.2) is 22.7 Å². The molecule has 3 aromatic heterocycles. The van der Waals surface area contributed by atoms with Crippen LogP contribution in [-0.2, 0) is 17.8 Å². The number of nitrogens with zero attached hydrogens (tertiary/aromatic N) is 6. The van der Waals surface area contributed by atoms with Crippen molar-refractivity contribution in [3.05, 3.63) is 39.2 Å². The molecule has 1 fully saturated rings. The number of anilines is 1. The second-order valence-corrected chi connectivity index (χ2v) is 10.0. The molecule has 3 aromatic rings. The van der Waals surface area contributed by atoms with Gasteiger partial charge in [0.2, 0.25) is 11.1 Å². The van der Waals surface area contributed by atoms with Gasteiger partial charge in [-0.1, -0.05) is 37.1 Å². The molecule has 0 aliphatic heterocycles. The fourth-order valence-electron chi connectivity index (χ4n) is 4.29. The molecule has 0 unspecified atom stereocenters. The molecule has 4 rings (SSSR count). The predicted molar refractivity (Wildman–Crippen MR) is 126 cm³/mol. The molecular formula is C22H27N7OS2. The van der Waals surface area contributed by atoms with E-state index in [1.165, 1.54) is 35.9 Å². The Kier molecular flexibility index (Phi) is 7.27. The summed E-state index contributed by atoms with van der Waals surface area (Å²) in [7, 11) is 0. The van der Waals surface area contributed by atoms with Gasteiger partial charge in [-0.05, 0) is 54.1 Å². The van der Waals surface area contributed by atoms with Crippen LogP contribution < -0.4 is 5.32 Å². The fourth-order valence-corrected chi connectivity index (χ4v) is 5.69. The van der Waals surface area contributed by atoms with E-state index >= 15 is 0 Å². The second-order valence-electron chi connectivity index (χ2n) is 8.06. The average molecular weight is 470 g/mol. The van der Waals surface area contributed by atoms with Crippen molar-refractivity contribution in [1.82, 2.24) is 24.8 Å². The maximum atomic E-state index is 12.9. The number of rotatable bonds is 8. The first-order valence-electron chi connectivity index (χ1n) is 10.9. The maximum Gasteiger partial charge on any atom is 0.235 e. The predicted octanol–water partition coefficient (Wildman–Crippen LogP) is 4.50. The quantitative estimate of drug-likeness (QED) is 0.487. The Morgan fingerprint density at radius 2 is 2.16 bits per heavy atom. The molecule has 1 N–H and O–H groups in total. The standard InChI is InChI=1S/C22H27N7OS2/c1-15-16(2)29(17-7-4-3-5-8-17)21(19(15)13-23)24-20(30)14-32-22-25-26-27-28(22)11-10-18-9-6-12-31-18/h6,9,12,17H,3-5,7-8,10-11,14H2,1-2H3,(H,24,30). The number of thioether (sulfide) groups is 1. The van der Waals surface area contributed by atoms with Gasteiger partial charge in [-0.15, -0.1) is 16.4 Å². The molecule has 8 nitrogen and oxygen atoms in total. The summed E-state index contributed by atoms with van der Waals surface area (Å²) in [4.78, 5) is 14.1. The van der Waals surface area contributed by atoms with Gasteiger partial charge in [-0.2, -0.15) is 5.26 Å². The van der Waals surface area contributed by atoms with E-state index in [4.69, 9.17) is 0 Å². The van der Waals surface area contributed by atoms with Crippen molar-refractivity contribution in [3.63, 3.8) is 0 Å². The fraction of sp³-hybridized carbons (Fsp3) is 0.500. The van der Waals surface area contributed by atoms with Crippen molar-refractivity contribution in [2.45, 2.75) is 70.1 Å². The Morgan fingerprint density at radius 3 is 2.88 bits per heavy atom. The van der Waals surface area contributed by atoms with Crippen LogP contribution in [0.5, 0.6) is 0 Å². The Balaban J connectivity index is 1.43. The summed E-state index contributed by atoms with van der Waals surface area (Å²) in [6.45, 7) is 4.66. The Bertz CT molecular complexity index is 1100. The summed E-state index contributed by atoms with van der Waals surface area (Å²) in [5.74, 6) is 0.657. The van der Waals surface area contributed by atoms with Crippen LogP contribution in [0.1, 0.15) is 59.8 Å². The van der Waals surface area contributed by atoms with Gasteiger partial charge in [-0.25, -0.2) is 4.68 Å². The van der Waals surface area contributed by atoms with Gasteiger partial charge in [0, 0.05) is 23.0 Å². The summed E-state index contributed by atoms with van der Waals surface area (Å²) < 4.78 is 3.91. The molecule has 0 bridgehead atoms. The molecule has 1 saturated carbocycles. The summed E-state index contributed by atoms with van der Waals surface area (Å²) >= 11 is 3.02. The Morgan fingerprint density at radius 1 is 1.34 bits per heavy atom. The molecule has 168 valence electrons. The minimum absolute atomic E-state index is 0.158. The highest BCUT2D eigenvalue weighted by atomic mass is 32.2. The number of carbonyl (C=O) groups is 1. The zero-order chi connectivity index (χ0) is 22.5. The lowest BCUT2D eigenvalue weighted by molar-refractivity contribution is -0.113. The van der Waals surface area contributed by atoms with Crippen molar-refractivity contribution < 1.29 is 4.79 Å². The number of tetrazole rings is 1. The van der Waals surface area contributed by atoms with Gasteiger partial charge in [-0.3, -0.25) is 4.79 Å². The van der Waals surface area contributed by atoms with E-state index in [0.29, 0.717) is 29.1 Å². The first-order chi connectivity index (χ1) is 15.6. The van der Waals surface area contributed by atoms with Crippen LogP contribution >= 0.6 is 23.1 Å². The number of aryl methyl sites for hydroxylation is 2. The van der Waals surface area contributed by atoms with Crippen molar-refractivity contribution in [1.29, 1.82) is 5.26 Å². The number of thiophene rings is 1. The third-order valence-corrected chi connectivity index (χ3v) is 7.94. The zero-order valence-corrected chi connectivity index (χ0v) is 20.0. The van der Waals surface area contributed by atoms with Crippen molar-refractivity contribution in [3.8, 4) is 6.07 Å². The molecule has 0 saturated heterocycles. The van der Waals surface area contributed by atoms with Crippen LogP contribution in [0.25, 0.3) is 0 Å². The van der Waals surface area contributed by atoms with E-state index < -0.39 is 0 Å². The summed E-state index contributed by atoms with van der Waals surface area (Å²) in [6, 6.07) is 6.75. The number of carbonyl (C=O) groups excluding carboxylic acids is 1. The molecular weight excluding hydrogens is 442 g/mol. The van der Waals surface area contributed by atoms with E-state index in [9.17, 15) is 10.1 Å². The molecule has 1 amide bonds. The highest BCUT2D eigenvalue weighted by Gasteiger charge is 2.26. The van der Waals surface area contributed by atoms with Crippen LogP contribution in [0.4, 0.5) is 5.82 Å². The van der Waals surface area contributed by atoms with Crippen LogP contribution in [0, 0.1) is 25.2 Å². The number of hydrogen-bond acceptors (Lipinski definition) is 7. The highest BCUT2D eigenvalue weighted by Crippen LogP contribution is 2.36. The Hall–Kier alpha value is -2.64. The molecule has 0 aromatic carbocycles. The molecule has 0 atom stereocenters. The lowest BCUT2D eigenvalue weighted by Gasteiger charge is -2.27. The monoisotopic (exact) mass is 469 g/mol. The Labute approximate surface area is 196 Å².